The second-order valence-electron chi connectivity index (χ2n) is 14.7. The van der Waals surface area contributed by atoms with Gasteiger partial charge in [-0.15, -0.1) is 0 Å². The first-order valence-electron chi connectivity index (χ1n) is 19.5. The fourth-order valence-electron chi connectivity index (χ4n) is 4.78. The first-order valence-corrected chi connectivity index (χ1v) is 19.5. The van der Waals surface area contributed by atoms with E-state index >= 15 is 0 Å². The van der Waals surface area contributed by atoms with Crippen molar-refractivity contribution in [2.75, 3.05) is 26.4 Å². The van der Waals surface area contributed by atoms with Gasteiger partial charge in [-0.3, -0.25) is 0 Å². The van der Waals surface area contributed by atoms with Crippen molar-refractivity contribution in [3.8, 4) is 0 Å². The third-order valence-electron chi connectivity index (χ3n) is 7.76. The number of unbranched alkanes of at least 4 members (excludes halogenated alkanes) is 16. The van der Waals surface area contributed by atoms with Gasteiger partial charge in [0.1, 0.15) is 0 Å². The molecule has 0 unspecified atom stereocenters. The van der Waals surface area contributed by atoms with Crippen molar-refractivity contribution in [3.63, 3.8) is 0 Å². The molecule has 0 fully saturated rings. The molecule has 0 bridgehead atoms. The third kappa shape index (κ3) is 76.1. The Bertz CT molecular complexity index is 364. The van der Waals surface area contributed by atoms with E-state index in [1.807, 2.05) is 0 Å². The van der Waals surface area contributed by atoms with Crippen LogP contribution in [-0.2, 0) is 21.7 Å². The smallest absolute Gasteiger partial charge is 0.0431 e. The van der Waals surface area contributed by atoms with Gasteiger partial charge in [0.15, 0.2) is 0 Å². The molecule has 0 atom stereocenters. The summed E-state index contributed by atoms with van der Waals surface area (Å²) in [5.74, 6) is 3.42. The van der Waals surface area contributed by atoms with Gasteiger partial charge in [0.25, 0.3) is 0 Å². The molecule has 0 aliphatic heterocycles. The standard InChI is InChI=1S/4C10H22O.Ti/c4*1-10(2)8-6-4-3-5-7-9-11;/h4*10-11H,3-9H2,1-2H3;. The molecule has 0 saturated carbocycles. The van der Waals surface area contributed by atoms with E-state index in [-0.39, 0.29) is 21.7 Å². The Morgan fingerprint density at radius 2 is 0.378 bits per heavy atom. The van der Waals surface area contributed by atoms with Crippen LogP contribution in [0.3, 0.4) is 0 Å². The zero-order chi connectivity index (χ0) is 34.1. The molecule has 0 aromatic rings. The van der Waals surface area contributed by atoms with E-state index in [0.29, 0.717) is 26.4 Å². The summed E-state index contributed by atoms with van der Waals surface area (Å²) in [5.41, 5.74) is 0. The third-order valence-corrected chi connectivity index (χ3v) is 7.76. The van der Waals surface area contributed by atoms with Crippen LogP contribution in [0.4, 0.5) is 0 Å². The quantitative estimate of drug-likeness (QED) is 0.0490. The minimum Gasteiger partial charge on any atom is -0.396 e. The zero-order valence-electron chi connectivity index (χ0n) is 32.4. The Hall–Kier alpha value is 0.554. The predicted molar refractivity (Wildman–Crippen MR) is 199 cm³/mol. The minimum absolute atomic E-state index is 0. The Balaban J connectivity index is -0.000000157. The van der Waals surface area contributed by atoms with Gasteiger partial charge in [0, 0.05) is 48.1 Å². The molecule has 0 aliphatic carbocycles. The van der Waals surface area contributed by atoms with E-state index in [9.17, 15) is 0 Å². The zero-order valence-corrected chi connectivity index (χ0v) is 34.0. The van der Waals surface area contributed by atoms with Crippen LogP contribution >= 0.6 is 0 Å². The summed E-state index contributed by atoms with van der Waals surface area (Å²) in [5, 5.41) is 34.0. The summed E-state index contributed by atoms with van der Waals surface area (Å²) in [6.07, 6.45) is 30.2. The van der Waals surface area contributed by atoms with Crippen molar-refractivity contribution in [1.29, 1.82) is 0 Å². The van der Waals surface area contributed by atoms with Crippen molar-refractivity contribution >= 4 is 0 Å². The van der Waals surface area contributed by atoms with E-state index in [1.54, 1.807) is 0 Å². The van der Waals surface area contributed by atoms with Gasteiger partial charge < -0.3 is 20.4 Å². The molecule has 0 rings (SSSR count). The van der Waals surface area contributed by atoms with Gasteiger partial charge in [-0.1, -0.05) is 184 Å². The van der Waals surface area contributed by atoms with Gasteiger partial charge in [-0.05, 0) is 49.4 Å². The maximum Gasteiger partial charge on any atom is 0.0431 e. The normalized spacial score (nSPS) is 10.7. The maximum atomic E-state index is 8.51. The summed E-state index contributed by atoms with van der Waals surface area (Å²) in [6, 6.07) is 0. The molecule has 0 spiro atoms. The molecule has 0 heterocycles. The summed E-state index contributed by atoms with van der Waals surface area (Å²) in [4.78, 5) is 0. The SMILES string of the molecule is CC(C)CCCCCCCO.CC(C)CCCCCCCO.CC(C)CCCCCCCO.CC(C)CCCCCCCO.[Ti]. The monoisotopic (exact) mass is 681 g/mol. The number of aliphatic hydroxyl groups is 4. The average molecular weight is 681 g/mol. The number of hydrogen-bond donors (Lipinski definition) is 4. The van der Waals surface area contributed by atoms with Crippen molar-refractivity contribution in [1.82, 2.24) is 0 Å². The molecule has 0 saturated heterocycles. The fraction of sp³-hybridized carbons (Fsp3) is 1.00. The number of hydrogen-bond acceptors (Lipinski definition) is 4. The first kappa shape index (κ1) is 55.0. The van der Waals surface area contributed by atoms with Gasteiger partial charge in [0.2, 0.25) is 0 Å². The second-order valence-corrected chi connectivity index (χ2v) is 14.7. The van der Waals surface area contributed by atoms with Crippen molar-refractivity contribution in [3.05, 3.63) is 0 Å². The predicted octanol–water partition coefficient (Wildman–Crippen LogP) is 11.9. The number of rotatable bonds is 28. The molecule has 0 aromatic heterocycles. The topological polar surface area (TPSA) is 80.9 Å². The molecule has 5 heteroatoms. The van der Waals surface area contributed by atoms with Crippen molar-refractivity contribution in [2.45, 2.75) is 209 Å². The molecule has 45 heavy (non-hydrogen) atoms. The largest absolute Gasteiger partial charge is 0.396 e. The number of aliphatic hydroxyl groups excluding tert-OH is 4. The second kappa shape index (κ2) is 51.4. The van der Waals surface area contributed by atoms with E-state index in [0.717, 1.165) is 49.4 Å². The van der Waals surface area contributed by atoms with Gasteiger partial charge >= 0.3 is 0 Å². The maximum absolute atomic E-state index is 8.51. The molecular formula is C40H88O4Ti. The van der Waals surface area contributed by atoms with Crippen LogP contribution < -0.4 is 0 Å². The van der Waals surface area contributed by atoms with Gasteiger partial charge in [0.05, 0.1) is 0 Å². The summed E-state index contributed by atoms with van der Waals surface area (Å²) in [6.45, 7) is 19.6. The van der Waals surface area contributed by atoms with Crippen LogP contribution in [0.2, 0.25) is 0 Å². The van der Waals surface area contributed by atoms with Crippen LogP contribution in [0.1, 0.15) is 209 Å². The van der Waals surface area contributed by atoms with E-state index < -0.39 is 0 Å². The molecule has 4 N–H and O–H groups in total. The van der Waals surface area contributed by atoms with Gasteiger partial charge in [-0.25, -0.2) is 0 Å². The van der Waals surface area contributed by atoms with Crippen LogP contribution in [0, 0.1) is 23.7 Å². The van der Waals surface area contributed by atoms with E-state index in [2.05, 4.69) is 55.4 Å². The van der Waals surface area contributed by atoms with Crippen LogP contribution in [0.15, 0.2) is 0 Å². The summed E-state index contributed by atoms with van der Waals surface area (Å²) >= 11 is 0. The Kier molecular flexibility index (Phi) is 62.8. The van der Waals surface area contributed by atoms with E-state index in [1.165, 1.54) is 128 Å². The van der Waals surface area contributed by atoms with E-state index in [4.69, 9.17) is 20.4 Å². The molecule has 0 aliphatic rings. The molecule has 276 valence electrons. The minimum atomic E-state index is 0. The van der Waals surface area contributed by atoms with Crippen molar-refractivity contribution in [2.24, 2.45) is 23.7 Å². The van der Waals surface area contributed by atoms with Gasteiger partial charge in [-0.2, -0.15) is 0 Å². The average Bonchev–Trinajstić information content (AvgIpc) is 2.97. The fourth-order valence-corrected chi connectivity index (χ4v) is 4.78. The molecule has 0 aromatic carbocycles. The molecule has 0 radical (unpaired) electrons. The Morgan fingerprint density at radius 3 is 0.511 bits per heavy atom. The Labute approximate surface area is 300 Å². The molecular weight excluding hydrogens is 592 g/mol. The summed E-state index contributed by atoms with van der Waals surface area (Å²) in [7, 11) is 0. The molecule has 4 nitrogen and oxygen atoms in total. The van der Waals surface area contributed by atoms with Crippen LogP contribution in [-0.4, -0.2) is 46.9 Å². The Morgan fingerprint density at radius 1 is 0.244 bits per heavy atom. The first-order chi connectivity index (χ1) is 21.1. The molecule has 0 amide bonds. The van der Waals surface area contributed by atoms with Crippen LogP contribution in [0.25, 0.3) is 0 Å². The van der Waals surface area contributed by atoms with Crippen molar-refractivity contribution < 1.29 is 42.1 Å². The summed E-state index contributed by atoms with van der Waals surface area (Å²) < 4.78 is 0. The van der Waals surface area contributed by atoms with Crippen LogP contribution in [0.5, 0.6) is 0 Å².